The summed E-state index contributed by atoms with van der Waals surface area (Å²) in [6.45, 7) is 0.233. The second-order valence-electron chi connectivity index (χ2n) is 5.45. The van der Waals surface area contributed by atoms with Gasteiger partial charge in [0.2, 0.25) is 5.91 Å². The molecule has 1 aromatic heterocycles. The molecule has 0 spiro atoms. The molecule has 0 atom stereocenters. The summed E-state index contributed by atoms with van der Waals surface area (Å²) in [5, 5.41) is 6.07. The number of nitrogens with zero attached hydrogens (tertiary/aromatic N) is 1. The third kappa shape index (κ3) is 5.56. The number of aromatic nitrogens is 1. The van der Waals surface area contributed by atoms with Crippen molar-refractivity contribution in [3.63, 3.8) is 0 Å². The predicted molar refractivity (Wildman–Crippen MR) is 107 cm³/mol. The van der Waals surface area contributed by atoms with Crippen LogP contribution in [0.15, 0.2) is 41.8 Å². The molecule has 3 rings (SSSR count). The van der Waals surface area contributed by atoms with E-state index in [-0.39, 0.29) is 24.8 Å². The lowest BCUT2D eigenvalue weighted by Crippen LogP contribution is -2.15. The van der Waals surface area contributed by atoms with Gasteiger partial charge in [0, 0.05) is 5.38 Å². The van der Waals surface area contributed by atoms with Crippen LogP contribution in [-0.2, 0) is 17.8 Å². The van der Waals surface area contributed by atoms with Crippen LogP contribution in [0.5, 0.6) is 5.75 Å². The van der Waals surface area contributed by atoms with Gasteiger partial charge in [-0.1, -0.05) is 34.8 Å². The van der Waals surface area contributed by atoms with E-state index in [1.54, 1.807) is 5.38 Å². The molecule has 0 saturated heterocycles. The monoisotopic (exact) mass is 444 g/mol. The van der Waals surface area contributed by atoms with Crippen LogP contribution in [0.2, 0.25) is 15.1 Å². The molecule has 1 amide bonds. The first-order valence-electron chi connectivity index (χ1n) is 7.67. The molecule has 2 aromatic carbocycles. The zero-order valence-corrected chi connectivity index (χ0v) is 16.7. The number of ether oxygens (including phenoxy) is 1. The Labute approximate surface area is 173 Å². The minimum absolute atomic E-state index is 0.0730. The fourth-order valence-electron chi connectivity index (χ4n) is 2.15. The number of nitrogens with one attached hydrogen (secondary N) is 1. The van der Waals surface area contributed by atoms with Crippen molar-refractivity contribution in [1.82, 2.24) is 4.98 Å². The van der Waals surface area contributed by atoms with Gasteiger partial charge in [-0.15, -0.1) is 11.3 Å². The number of halogens is 4. The smallest absolute Gasteiger partial charge is 0.230 e. The van der Waals surface area contributed by atoms with Crippen molar-refractivity contribution in [3.05, 3.63) is 73.4 Å². The largest absolute Gasteiger partial charge is 0.486 e. The average molecular weight is 446 g/mol. The molecule has 0 fully saturated rings. The zero-order valence-electron chi connectivity index (χ0n) is 13.6. The summed E-state index contributed by atoms with van der Waals surface area (Å²) in [6.07, 6.45) is 0.0730. The number of hydrogen-bond donors (Lipinski definition) is 1. The Bertz CT molecular complexity index is 964. The van der Waals surface area contributed by atoms with Gasteiger partial charge in [0.15, 0.2) is 0 Å². The molecule has 0 bridgehead atoms. The predicted octanol–water partition coefficient (Wildman–Crippen LogP) is 6.00. The number of carbonyl (C=O) groups is 1. The molecule has 9 heteroatoms. The molecule has 27 heavy (non-hydrogen) atoms. The summed E-state index contributed by atoms with van der Waals surface area (Å²) in [4.78, 5) is 16.6. The number of benzene rings is 2. The highest BCUT2D eigenvalue weighted by molar-refractivity contribution is 7.09. The van der Waals surface area contributed by atoms with Crippen molar-refractivity contribution in [2.75, 3.05) is 5.32 Å². The fraction of sp³-hybridized carbons (Fsp3) is 0.111. The van der Waals surface area contributed by atoms with Crippen LogP contribution in [0.4, 0.5) is 10.1 Å². The zero-order chi connectivity index (χ0) is 19.4. The Morgan fingerprint density at radius 2 is 1.81 bits per heavy atom. The van der Waals surface area contributed by atoms with E-state index < -0.39 is 0 Å². The summed E-state index contributed by atoms with van der Waals surface area (Å²) in [5.74, 6) is -0.0706. The van der Waals surface area contributed by atoms with Crippen LogP contribution >= 0.6 is 46.1 Å². The van der Waals surface area contributed by atoms with Crippen molar-refractivity contribution in [2.45, 2.75) is 13.0 Å². The van der Waals surface area contributed by atoms with Crippen molar-refractivity contribution in [3.8, 4) is 5.75 Å². The van der Waals surface area contributed by atoms with Crippen LogP contribution in [0.1, 0.15) is 10.7 Å². The Morgan fingerprint density at radius 3 is 2.56 bits per heavy atom. The van der Waals surface area contributed by atoms with Gasteiger partial charge in [-0.3, -0.25) is 4.79 Å². The van der Waals surface area contributed by atoms with E-state index in [2.05, 4.69) is 10.3 Å². The molecule has 1 N–H and O–H groups in total. The number of anilines is 1. The van der Waals surface area contributed by atoms with E-state index in [0.717, 1.165) is 0 Å². The van der Waals surface area contributed by atoms with Crippen LogP contribution < -0.4 is 10.1 Å². The van der Waals surface area contributed by atoms with Gasteiger partial charge in [0.1, 0.15) is 23.2 Å². The average Bonchev–Trinajstić information content (AvgIpc) is 3.06. The van der Waals surface area contributed by atoms with Gasteiger partial charge in [0.25, 0.3) is 0 Å². The SMILES string of the molecule is O=C(Cc1csc(COc2ccc(F)cc2)n1)Nc1cc(Cl)c(Cl)cc1Cl. The summed E-state index contributed by atoms with van der Waals surface area (Å²) < 4.78 is 18.4. The number of thiazole rings is 1. The number of carbonyl (C=O) groups excluding carboxylic acids is 1. The van der Waals surface area contributed by atoms with E-state index in [1.807, 2.05) is 0 Å². The minimum Gasteiger partial charge on any atom is -0.486 e. The van der Waals surface area contributed by atoms with E-state index in [4.69, 9.17) is 39.5 Å². The molecule has 140 valence electrons. The van der Waals surface area contributed by atoms with Crippen LogP contribution in [0.3, 0.4) is 0 Å². The Hall–Kier alpha value is -1.86. The van der Waals surface area contributed by atoms with E-state index in [9.17, 15) is 9.18 Å². The van der Waals surface area contributed by atoms with Gasteiger partial charge in [-0.2, -0.15) is 0 Å². The summed E-state index contributed by atoms with van der Waals surface area (Å²) in [6, 6.07) is 8.68. The number of amides is 1. The van der Waals surface area contributed by atoms with E-state index >= 15 is 0 Å². The molecule has 0 unspecified atom stereocenters. The molecule has 0 aliphatic heterocycles. The third-order valence-electron chi connectivity index (χ3n) is 3.40. The van der Waals surface area contributed by atoms with Crippen molar-refractivity contribution < 1.29 is 13.9 Å². The lowest BCUT2D eigenvalue weighted by Gasteiger charge is -2.08. The summed E-state index contributed by atoms with van der Waals surface area (Å²) in [7, 11) is 0. The first-order valence-corrected chi connectivity index (χ1v) is 9.68. The van der Waals surface area contributed by atoms with Crippen LogP contribution in [-0.4, -0.2) is 10.9 Å². The maximum atomic E-state index is 12.9. The molecule has 4 nitrogen and oxygen atoms in total. The molecular weight excluding hydrogens is 434 g/mol. The Morgan fingerprint density at radius 1 is 1.11 bits per heavy atom. The Balaban J connectivity index is 1.56. The molecular formula is C18H12Cl3FN2O2S. The molecule has 3 aromatic rings. The second kappa shape index (κ2) is 8.89. The first kappa shape index (κ1) is 19.9. The van der Waals surface area contributed by atoms with E-state index in [0.29, 0.717) is 37.2 Å². The van der Waals surface area contributed by atoms with Gasteiger partial charge < -0.3 is 10.1 Å². The molecule has 0 radical (unpaired) electrons. The lowest BCUT2D eigenvalue weighted by molar-refractivity contribution is -0.115. The highest BCUT2D eigenvalue weighted by atomic mass is 35.5. The minimum atomic E-state index is -0.327. The quantitative estimate of drug-likeness (QED) is 0.473. The summed E-state index contributed by atoms with van der Waals surface area (Å²) in [5.41, 5.74) is 0.984. The Kier molecular flexibility index (Phi) is 6.55. The highest BCUT2D eigenvalue weighted by Crippen LogP contribution is 2.32. The highest BCUT2D eigenvalue weighted by Gasteiger charge is 2.12. The standard InChI is InChI=1S/C18H12Cl3FN2O2S/c19-13-6-15(21)16(7-14(13)20)24-17(25)5-11-9-27-18(23-11)8-26-12-3-1-10(22)2-4-12/h1-4,6-7,9H,5,8H2,(H,24,25). The molecule has 1 heterocycles. The van der Waals surface area contributed by atoms with Gasteiger partial charge in [0.05, 0.1) is 32.9 Å². The second-order valence-corrected chi connectivity index (χ2v) is 7.61. The first-order chi connectivity index (χ1) is 12.9. The lowest BCUT2D eigenvalue weighted by atomic mass is 10.2. The van der Waals surface area contributed by atoms with Gasteiger partial charge >= 0.3 is 0 Å². The van der Waals surface area contributed by atoms with Crippen LogP contribution in [0, 0.1) is 5.82 Å². The van der Waals surface area contributed by atoms with Gasteiger partial charge in [-0.05, 0) is 36.4 Å². The van der Waals surface area contributed by atoms with Crippen molar-refractivity contribution in [2.24, 2.45) is 0 Å². The maximum Gasteiger partial charge on any atom is 0.230 e. The van der Waals surface area contributed by atoms with Crippen LogP contribution in [0.25, 0.3) is 0 Å². The fourth-order valence-corrected chi connectivity index (χ4v) is 3.45. The topological polar surface area (TPSA) is 51.2 Å². The normalized spacial score (nSPS) is 10.7. The summed E-state index contributed by atoms with van der Waals surface area (Å²) >= 11 is 19.2. The van der Waals surface area contributed by atoms with Crippen molar-refractivity contribution >= 4 is 57.7 Å². The van der Waals surface area contributed by atoms with E-state index in [1.165, 1.54) is 47.7 Å². The molecule has 0 saturated carbocycles. The van der Waals surface area contributed by atoms with Crippen molar-refractivity contribution in [1.29, 1.82) is 0 Å². The maximum absolute atomic E-state index is 12.9. The molecule has 0 aliphatic rings. The third-order valence-corrected chi connectivity index (χ3v) is 5.31. The number of hydrogen-bond acceptors (Lipinski definition) is 4. The number of rotatable bonds is 6. The van der Waals surface area contributed by atoms with Gasteiger partial charge in [-0.25, -0.2) is 9.37 Å². The molecule has 0 aliphatic carbocycles.